The third-order valence-corrected chi connectivity index (χ3v) is 3.94. The summed E-state index contributed by atoms with van der Waals surface area (Å²) in [6, 6.07) is 8.61. The Morgan fingerprint density at radius 3 is 2.80 bits per heavy atom. The predicted octanol–water partition coefficient (Wildman–Crippen LogP) is 2.79. The van der Waals surface area contributed by atoms with Crippen LogP contribution >= 0.6 is 0 Å². The van der Waals surface area contributed by atoms with Crippen LogP contribution in [0.15, 0.2) is 24.3 Å². The van der Waals surface area contributed by atoms with Crippen molar-refractivity contribution in [1.29, 1.82) is 0 Å². The van der Waals surface area contributed by atoms with Gasteiger partial charge in [-0.05, 0) is 39.1 Å². The van der Waals surface area contributed by atoms with E-state index in [9.17, 15) is 0 Å². The lowest BCUT2D eigenvalue weighted by atomic mass is 10.2. The Balaban J connectivity index is 2.34. The van der Waals surface area contributed by atoms with Crippen molar-refractivity contribution in [3.63, 3.8) is 0 Å². The Kier molecular flexibility index (Phi) is 5.15. The average molecular weight is 274 g/mol. The Labute approximate surface area is 121 Å². The second-order valence-corrected chi connectivity index (χ2v) is 5.41. The number of nitrogens with zero attached hydrogens (tertiary/aromatic N) is 3. The van der Waals surface area contributed by atoms with Crippen LogP contribution in [0.25, 0.3) is 11.0 Å². The SMILES string of the molecule is CCCCN(C)C(C)c1nc2ccccc2n1CCN. The number of fused-ring (bicyclic) bond motifs is 1. The van der Waals surface area contributed by atoms with Crippen molar-refractivity contribution in [2.75, 3.05) is 20.1 Å². The summed E-state index contributed by atoms with van der Waals surface area (Å²) in [4.78, 5) is 7.20. The minimum Gasteiger partial charge on any atom is -0.329 e. The molecule has 110 valence electrons. The van der Waals surface area contributed by atoms with E-state index in [1.807, 2.05) is 6.07 Å². The lowest BCUT2D eigenvalue weighted by molar-refractivity contribution is 0.244. The van der Waals surface area contributed by atoms with Gasteiger partial charge in [-0.15, -0.1) is 0 Å². The maximum Gasteiger partial charge on any atom is 0.127 e. The van der Waals surface area contributed by atoms with Gasteiger partial charge in [0.15, 0.2) is 0 Å². The Bertz CT molecular complexity index is 546. The monoisotopic (exact) mass is 274 g/mol. The van der Waals surface area contributed by atoms with Gasteiger partial charge in [-0.25, -0.2) is 4.98 Å². The fourth-order valence-electron chi connectivity index (χ4n) is 2.58. The van der Waals surface area contributed by atoms with Gasteiger partial charge in [0.1, 0.15) is 5.82 Å². The molecular weight excluding hydrogens is 248 g/mol. The van der Waals surface area contributed by atoms with Crippen molar-refractivity contribution in [1.82, 2.24) is 14.5 Å². The van der Waals surface area contributed by atoms with Gasteiger partial charge in [-0.2, -0.15) is 0 Å². The van der Waals surface area contributed by atoms with Gasteiger partial charge in [0.2, 0.25) is 0 Å². The first-order valence-corrected chi connectivity index (χ1v) is 7.54. The quantitative estimate of drug-likeness (QED) is 0.844. The van der Waals surface area contributed by atoms with E-state index in [-0.39, 0.29) is 0 Å². The van der Waals surface area contributed by atoms with E-state index in [0.717, 1.165) is 24.4 Å². The molecule has 1 atom stereocenters. The van der Waals surface area contributed by atoms with Crippen molar-refractivity contribution in [3.8, 4) is 0 Å². The summed E-state index contributed by atoms with van der Waals surface area (Å²) in [6.07, 6.45) is 2.44. The predicted molar refractivity (Wildman–Crippen MR) is 84.7 cm³/mol. The van der Waals surface area contributed by atoms with Crippen LogP contribution in [-0.4, -0.2) is 34.6 Å². The zero-order valence-electron chi connectivity index (χ0n) is 12.8. The number of hydrogen-bond donors (Lipinski definition) is 1. The Hall–Kier alpha value is -1.39. The molecule has 0 bridgehead atoms. The van der Waals surface area contributed by atoms with E-state index in [4.69, 9.17) is 10.7 Å². The topological polar surface area (TPSA) is 47.1 Å². The molecule has 0 saturated heterocycles. The third kappa shape index (κ3) is 3.02. The molecule has 0 aliphatic carbocycles. The fourth-order valence-corrected chi connectivity index (χ4v) is 2.58. The first-order chi connectivity index (χ1) is 9.69. The zero-order chi connectivity index (χ0) is 14.5. The molecular formula is C16H26N4. The summed E-state index contributed by atoms with van der Waals surface area (Å²) in [5.41, 5.74) is 8.02. The molecule has 1 aromatic carbocycles. The van der Waals surface area contributed by atoms with Crippen LogP contribution in [0.4, 0.5) is 0 Å². The van der Waals surface area contributed by atoms with Crippen LogP contribution in [-0.2, 0) is 6.54 Å². The summed E-state index contributed by atoms with van der Waals surface area (Å²) in [5, 5.41) is 0. The molecule has 1 heterocycles. The molecule has 4 nitrogen and oxygen atoms in total. The fraction of sp³-hybridized carbons (Fsp3) is 0.562. The maximum absolute atomic E-state index is 5.77. The van der Waals surface area contributed by atoms with E-state index in [0.29, 0.717) is 12.6 Å². The molecule has 0 amide bonds. The highest BCUT2D eigenvalue weighted by atomic mass is 15.2. The Morgan fingerprint density at radius 2 is 2.10 bits per heavy atom. The van der Waals surface area contributed by atoms with E-state index >= 15 is 0 Å². The first-order valence-electron chi connectivity index (χ1n) is 7.54. The van der Waals surface area contributed by atoms with Gasteiger partial charge in [0, 0.05) is 13.1 Å². The smallest absolute Gasteiger partial charge is 0.127 e. The lowest BCUT2D eigenvalue weighted by Gasteiger charge is -2.24. The minimum absolute atomic E-state index is 0.306. The van der Waals surface area contributed by atoms with Crippen LogP contribution in [0.5, 0.6) is 0 Å². The van der Waals surface area contributed by atoms with Crippen LogP contribution in [0.3, 0.4) is 0 Å². The largest absolute Gasteiger partial charge is 0.329 e. The Morgan fingerprint density at radius 1 is 1.35 bits per heavy atom. The van der Waals surface area contributed by atoms with Crippen LogP contribution in [0.2, 0.25) is 0 Å². The highest BCUT2D eigenvalue weighted by Crippen LogP contribution is 2.24. The van der Waals surface area contributed by atoms with Crippen LogP contribution < -0.4 is 5.73 Å². The van der Waals surface area contributed by atoms with Gasteiger partial charge in [-0.1, -0.05) is 25.5 Å². The first kappa shape index (κ1) is 15.0. The molecule has 2 N–H and O–H groups in total. The van der Waals surface area contributed by atoms with Gasteiger partial charge in [-0.3, -0.25) is 4.90 Å². The molecule has 0 spiro atoms. The standard InChI is InChI=1S/C16H26N4/c1-4-5-11-19(3)13(2)16-18-14-8-6-7-9-15(14)20(16)12-10-17/h6-9,13H,4-5,10-12,17H2,1-3H3. The maximum atomic E-state index is 5.77. The van der Waals surface area contributed by atoms with E-state index < -0.39 is 0 Å². The van der Waals surface area contributed by atoms with Crippen molar-refractivity contribution < 1.29 is 0 Å². The summed E-state index contributed by atoms with van der Waals surface area (Å²) >= 11 is 0. The number of para-hydroxylation sites is 2. The second-order valence-electron chi connectivity index (χ2n) is 5.41. The molecule has 1 unspecified atom stereocenters. The molecule has 0 aliphatic rings. The molecule has 2 rings (SSSR count). The van der Waals surface area contributed by atoms with Crippen molar-refractivity contribution in [3.05, 3.63) is 30.1 Å². The number of rotatable bonds is 7. The number of nitrogens with two attached hydrogens (primary N) is 1. The number of aromatic nitrogens is 2. The summed E-state index contributed by atoms with van der Waals surface area (Å²) in [7, 11) is 2.17. The molecule has 0 fully saturated rings. The van der Waals surface area contributed by atoms with Crippen molar-refractivity contribution in [2.45, 2.75) is 39.3 Å². The van der Waals surface area contributed by atoms with Gasteiger partial charge in [0.25, 0.3) is 0 Å². The van der Waals surface area contributed by atoms with Crippen molar-refractivity contribution in [2.24, 2.45) is 5.73 Å². The molecule has 4 heteroatoms. The zero-order valence-corrected chi connectivity index (χ0v) is 12.8. The van der Waals surface area contributed by atoms with Gasteiger partial charge in [0.05, 0.1) is 17.1 Å². The molecule has 0 aliphatic heterocycles. The highest BCUT2D eigenvalue weighted by molar-refractivity contribution is 5.76. The van der Waals surface area contributed by atoms with E-state index in [2.05, 4.69) is 48.6 Å². The van der Waals surface area contributed by atoms with E-state index in [1.165, 1.54) is 18.4 Å². The van der Waals surface area contributed by atoms with Crippen LogP contribution in [0.1, 0.15) is 38.6 Å². The van der Waals surface area contributed by atoms with Gasteiger partial charge >= 0.3 is 0 Å². The molecule has 20 heavy (non-hydrogen) atoms. The van der Waals surface area contributed by atoms with Crippen LogP contribution in [0, 0.1) is 0 Å². The van der Waals surface area contributed by atoms with E-state index in [1.54, 1.807) is 0 Å². The summed E-state index contributed by atoms with van der Waals surface area (Å²) in [6.45, 7) is 7.01. The van der Waals surface area contributed by atoms with Gasteiger partial charge < -0.3 is 10.3 Å². The number of unbranched alkanes of at least 4 members (excludes halogenated alkanes) is 1. The number of hydrogen-bond acceptors (Lipinski definition) is 3. The molecule has 1 aromatic heterocycles. The third-order valence-electron chi connectivity index (χ3n) is 3.94. The molecule has 2 aromatic rings. The number of benzene rings is 1. The summed E-state index contributed by atoms with van der Waals surface area (Å²) in [5.74, 6) is 1.12. The molecule has 0 saturated carbocycles. The minimum atomic E-state index is 0.306. The number of imidazole rings is 1. The van der Waals surface area contributed by atoms with Crippen molar-refractivity contribution >= 4 is 11.0 Å². The highest BCUT2D eigenvalue weighted by Gasteiger charge is 2.19. The summed E-state index contributed by atoms with van der Waals surface area (Å²) < 4.78 is 2.27. The lowest BCUT2D eigenvalue weighted by Crippen LogP contribution is -2.27. The second kappa shape index (κ2) is 6.86. The normalized spacial score (nSPS) is 13.2. The molecule has 0 radical (unpaired) electrons. The average Bonchev–Trinajstić information content (AvgIpc) is 2.83.